The van der Waals surface area contributed by atoms with E-state index in [9.17, 15) is 0 Å². The highest BCUT2D eigenvalue weighted by Crippen LogP contribution is 2.58. The molecule has 2 nitrogen and oxygen atoms in total. The van der Waals surface area contributed by atoms with Crippen LogP contribution in [-0.4, -0.2) is 26.4 Å². The lowest BCUT2D eigenvalue weighted by Crippen LogP contribution is -2.41. The Labute approximate surface area is 361 Å². The fourth-order valence-corrected chi connectivity index (χ4v) is 12.1. The highest BCUT2D eigenvalue weighted by atomic mass is 28.3. The number of rotatable bonds is 15. The van der Waals surface area contributed by atoms with Crippen LogP contribution in [0.25, 0.3) is 33.4 Å². The van der Waals surface area contributed by atoms with Crippen LogP contribution in [0.2, 0.25) is 19.6 Å². The van der Waals surface area contributed by atoms with Gasteiger partial charge in [-0.2, -0.15) is 0 Å². The van der Waals surface area contributed by atoms with Gasteiger partial charge in [0, 0.05) is 10.8 Å². The molecule has 316 valence electrons. The Bertz CT molecular complexity index is 2130. The van der Waals surface area contributed by atoms with Crippen molar-refractivity contribution in [2.45, 2.75) is 176 Å². The number of hydrogen-bond acceptors (Lipinski definition) is 2. The predicted molar refractivity (Wildman–Crippen MR) is 259 cm³/mol. The monoisotopic (exact) mass is 809 g/mol. The van der Waals surface area contributed by atoms with Crippen molar-refractivity contribution in [2.75, 3.05) is 0 Å². The third-order valence-electron chi connectivity index (χ3n) is 16.0. The zero-order valence-corrected chi connectivity index (χ0v) is 40.8. The van der Waals surface area contributed by atoms with Gasteiger partial charge in [-0.3, -0.25) is 0 Å². The summed E-state index contributed by atoms with van der Waals surface area (Å²) < 4.78 is 13.4. The highest BCUT2D eigenvalue weighted by Gasteiger charge is 2.53. The van der Waals surface area contributed by atoms with Crippen LogP contribution < -0.4 is 10.6 Å². The summed E-state index contributed by atoms with van der Waals surface area (Å²) in [5.41, 5.74) is 14.9. The van der Waals surface area contributed by atoms with Crippen LogP contribution in [0.4, 0.5) is 0 Å². The molecule has 4 heteroatoms. The summed E-state index contributed by atoms with van der Waals surface area (Å²) in [6.07, 6.45) is 9.41. The number of fused-ring (bicyclic) bond motifs is 6. The minimum absolute atomic E-state index is 0.00887. The minimum Gasteiger partial charge on any atom is -0.399 e. The number of benzene rings is 4. The third kappa shape index (κ3) is 7.69. The van der Waals surface area contributed by atoms with Gasteiger partial charge in [-0.1, -0.05) is 167 Å². The van der Waals surface area contributed by atoms with E-state index in [-0.39, 0.29) is 29.2 Å². The molecule has 0 N–H and O–H groups in total. The molecule has 1 fully saturated rings. The van der Waals surface area contributed by atoms with Gasteiger partial charge in [0.1, 0.15) is 0 Å². The second-order valence-electron chi connectivity index (χ2n) is 22.0. The lowest BCUT2D eigenvalue weighted by molar-refractivity contribution is 0.00578. The van der Waals surface area contributed by atoms with Gasteiger partial charge in [0.25, 0.3) is 0 Å². The van der Waals surface area contributed by atoms with Crippen molar-refractivity contribution in [2.24, 2.45) is 23.7 Å². The molecular weight excluding hydrogens is 732 g/mol. The summed E-state index contributed by atoms with van der Waals surface area (Å²) >= 11 is 0. The first kappa shape index (κ1) is 44.1. The van der Waals surface area contributed by atoms with Gasteiger partial charge in [0.2, 0.25) is 0 Å². The molecule has 4 aromatic carbocycles. The van der Waals surface area contributed by atoms with Crippen molar-refractivity contribution in [3.05, 3.63) is 95.1 Å². The summed E-state index contributed by atoms with van der Waals surface area (Å²) in [6.45, 7) is 35.6. The standard InChI is InChI=1S/C55H77BO2Si/c1-16-36(5)32-54(33-37(6)17-2)48-28-40(20-24-44(48)46-26-22-42(30-50(46)54)56-57-52(9,10)53(11,12)58-56)41-21-25-45-47-27-23-43(59(13,14)15)31-51(47)55(49(45)29-41,34-38(7)18-3)35-39(8)19-4/h20-31,36-39H,16-19,32-35H2,1-15H3/t36-,37-,38-,39-/m0/s1. The summed E-state index contributed by atoms with van der Waals surface area (Å²) in [6, 6.07) is 29.9. The van der Waals surface area contributed by atoms with Gasteiger partial charge in [0.05, 0.1) is 19.3 Å². The van der Waals surface area contributed by atoms with Crippen molar-refractivity contribution >= 4 is 25.8 Å². The zero-order valence-electron chi connectivity index (χ0n) is 39.8. The first-order valence-electron chi connectivity index (χ1n) is 23.7. The van der Waals surface area contributed by atoms with E-state index in [1.165, 1.54) is 83.0 Å². The molecule has 0 unspecified atom stereocenters. The molecule has 0 amide bonds. The summed E-state index contributed by atoms with van der Waals surface area (Å²) in [5.74, 6) is 2.45. The normalized spacial score (nSPS) is 20.1. The SMILES string of the molecule is CC[C@H](C)CC1(C[C@@H](C)CC)c2cc(B3OC(C)(C)C(C)(C)O3)ccc2-c2ccc(-c3ccc4c(c3)C(C[C@@H](C)CC)(C[C@@H](C)CC)c3cc([Si](C)(C)C)ccc3-4)cc21. The van der Waals surface area contributed by atoms with E-state index in [1.54, 1.807) is 16.3 Å². The van der Waals surface area contributed by atoms with Crippen LogP contribution in [0.15, 0.2) is 72.8 Å². The summed E-state index contributed by atoms with van der Waals surface area (Å²) in [4.78, 5) is 0. The Morgan fingerprint density at radius 2 is 0.814 bits per heavy atom. The van der Waals surface area contributed by atoms with Crippen LogP contribution in [-0.2, 0) is 20.1 Å². The van der Waals surface area contributed by atoms with Crippen LogP contribution in [0.5, 0.6) is 0 Å². The van der Waals surface area contributed by atoms with E-state index in [2.05, 4.69) is 176 Å². The summed E-state index contributed by atoms with van der Waals surface area (Å²) in [5, 5.41) is 1.58. The molecule has 0 spiro atoms. The van der Waals surface area contributed by atoms with Crippen LogP contribution in [0.1, 0.15) is 157 Å². The lowest BCUT2D eigenvalue weighted by Gasteiger charge is -2.38. The average molecular weight is 809 g/mol. The molecule has 1 aliphatic heterocycles. The van der Waals surface area contributed by atoms with E-state index >= 15 is 0 Å². The zero-order chi connectivity index (χ0) is 42.9. The second kappa shape index (κ2) is 16.1. The largest absolute Gasteiger partial charge is 0.494 e. The van der Waals surface area contributed by atoms with E-state index in [0.717, 1.165) is 18.3 Å². The highest BCUT2D eigenvalue weighted by molar-refractivity contribution is 6.88. The third-order valence-corrected chi connectivity index (χ3v) is 18.1. The molecule has 2 aliphatic carbocycles. The Balaban J connectivity index is 1.41. The van der Waals surface area contributed by atoms with Crippen LogP contribution in [0.3, 0.4) is 0 Å². The maximum atomic E-state index is 6.68. The molecule has 1 saturated heterocycles. The smallest absolute Gasteiger partial charge is 0.399 e. The van der Waals surface area contributed by atoms with Gasteiger partial charge in [-0.25, -0.2) is 0 Å². The average Bonchev–Trinajstić information content (AvgIpc) is 3.71. The van der Waals surface area contributed by atoms with Gasteiger partial charge < -0.3 is 9.31 Å². The fraction of sp³-hybridized carbons (Fsp3) is 0.564. The minimum atomic E-state index is -1.52. The van der Waals surface area contributed by atoms with Crippen molar-refractivity contribution in [1.82, 2.24) is 0 Å². The molecule has 0 aromatic heterocycles. The first-order chi connectivity index (χ1) is 27.7. The molecular formula is C55H77BO2Si. The van der Waals surface area contributed by atoms with Gasteiger partial charge >= 0.3 is 7.12 Å². The van der Waals surface area contributed by atoms with Gasteiger partial charge in [0.15, 0.2) is 0 Å². The molecule has 7 rings (SSSR count). The van der Waals surface area contributed by atoms with E-state index in [1.807, 2.05) is 0 Å². The van der Waals surface area contributed by atoms with Crippen molar-refractivity contribution in [3.63, 3.8) is 0 Å². The maximum Gasteiger partial charge on any atom is 0.494 e. The molecule has 3 aliphatic rings. The second-order valence-corrected chi connectivity index (χ2v) is 27.0. The maximum absolute atomic E-state index is 6.68. The van der Waals surface area contributed by atoms with Crippen LogP contribution >= 0.6 is 0 Å². The quantitative estimate of drug-likeness (QED) is 0.111. The summed E-state index contributed by atoms with van der Waals surface area (Å²) in [7, 11) is -1.90. The van der Waals surface area contributed by atoms with Crippen LogP contribution in [0, 0.1) is 23.7 Å². The molecule has 1 heterocycles. The van der Waals surface area contributed by atoms with E-state index in [0.29, 0.717) is 23.7 Å². The molecule has 4 atom stereocenters. The lowest BCUT2D eigenvalue weighted by atomic mass is 9.65. The van der Waals surface area contributed by atoms with E-state index in [4.69, 9.17) is 9.31 Å². The molecule has 0 saturated carbocycles. The molecule has 0 radical (unpaired) electrons. The van der Waals surface area contributed by atoms with Crippen molar-refractivity contribution in [3.8, 4) is 33.4 Å². The Kier molecular flexibility index (Phi) is 12.0. The molecule has 4 aromatic rings. The van der Waals surface area contributed by atoms with Crippen molar-refractivity contribution in [1.29, 1.82) is 0 Å². The first-order valence-corrected chi connectivity index (χ1v) is 27.2. The molecule has 0 bridgehead atoms. The Morgan fingerprint density at radius 3 is 1.19 bits per heavy atom. The Morgan fingerprint density at radius 1 is 0.475 bits per heavy atom. The Hall–Kier alpha value is -2.92. The topological polar surface area (TPSA) is 18.5 Å². The fourth-order valence-electron chi connectivity index (χ4n) is 11.0. The predicted octanol–water partition coefficient (Wildman–Crippen LogP) is 14.5. The van der Waals surface area contributed by atoms with E-state index < -0.39 is 8.07 Å². The molecule has 59 heavy (non-hydrogen) atoms. The van der Waals surface area contributed by atoms with Gasteiger partial charge in [-0.05, 0) is 150 Å². The van der Waals surface area contributed by atoms with Gasteiger partial charge in [-0.15, -0.1) is 0 Å². The van der Waals surface area contributed by atoms with Crippen molar-refractivity contribution < 1.29 is 9.31 Å². The number of hydrogen-bond donors (Lipinski definition) is 0.